The number of rotatable bonds is 5. The molecule has 0 bridgehead atoms. The molecule has 0 fully saturated rings. The van der Waals surface area contributed by atoms with Crippen molar-refractivity contribution in [1.82, 2.24) is 0 Å². The van der Waals surface area contributed by atoms with Gasteiger partial charge in [-0.3, -0.25) is 4.79 Å². The highest BCUT2D eigenvalue weighted by Gasteiger charge is 2.20. The maximum atomic E-state index is 12.0. The summed E-state index contributed by atoms with van der Waals surface area (Å²) < 4.78 is 5.15. The highest BCUT2D eigenvalue weighted by Crippen LogP contribution is 2.25. The molecule has 5 heteroatoms. The van der Waals surface area contributed by atoms with Crippen LogP contribution in [0.5, 0.6) is 5.75 Å². The van der Waals surface area contributed by atoms with Crippen LogP contribution in [0.2, 0.25) is 0 Å². The molecular weight excluding hydrogens is 242 g/mol. The fourth-order valence-electron chi connectivity index (χ4n) is 1.59. The van der Waals surface area contributed by atoms with E-state index in [1.165, 1.54) is 7.11 Å². The Balaban J connectivity index is 2.88. The number of nitrogens with two attached hydrogens (primary N) is 1. The summed E-state index contributed by atoms with van der Waals surface area (Å²) >= 11 is 0. The summed E-state index contributed by atoms with van der Waals surface area (Å²) in [6.07, 6.45) is 0.832. The van der Waals surface area contributed by atoms with Gasteiger partial charge in [0.05, 0.1) is 30.5 Å². The van der Waals surface area contributed by atoms with Crippen LogP contribution in [0, 0.1) is 17.2 Å². The molecule has 1 rings (SSSR count). The number of hydrogen-bond acceptors (Lipinski definition) is 4. The van der Waals surface area contributed by atoms with Gasteiger partial charge < -0.3 is 15.8 Å². The van der Waals surface area contributed by atoms with Gasteiger partial charge in [0.2, 0.25) is 5.91 Å². The Bertz CT molecular complexity index is 494. The fraction of sp³-hybridized carbons (Fsp3) is 0.429. The number of methoxy groups -OCH3 is 1. The lowest BCUT2D eigenvalue weighted by molar-refractivity contribution is -0.118. The van der Waals surface area contributed by atoms with Gasteiger partial charge in [0.25, 0.3) is 0 Å². The van der Waals surface area contributed by atoms with E-state index < -0.39 is 6.04 Å². The van der Waals surface area contributed by atoms with Crippen LogP contribution < -0.4 is 15.8 Å². The molecule has 0 aliphatic rings. The number of nitrogens with zero attached hydrogens (tertiary/aromatic N) is 1. The molecule has 0 heterocycles. The van der Waals surface area contributed by atoms with Crippen molar-refractivity contribution in [2.24, 2.45) is 11.7 Å². The minimum absolute atomic E-state index is 0.101. The highest BCUT2D eigenvalue weighted by atomic mass is 16.5. The van der Waals surface area contributed by atoms with Gasteiger partial charge >= 0.3 is 0 Å². The highest BCUT2D eigenvalue weighted by molar-refractivity contribution is 5.96. The van der Waals surface area contributed by atoms with Gasteiger partial charge in [-0.05, 0) is 18.1 Å². The quantitative estimate of drug-likeness (QED) is 0.847. The van der Waals surface area contributed by atoms with Crippen LogP contribution in [0.25, 0.3) is 0 Å². The van der Waals surface area contributed by atoms with Gasteiger partial charge in [0.1, 0.15) is 5.75 Å². The molecule has 102 valence electrons. The van der Waals surface area contributed by atoms with Crippen LogP contribution in [0.4, 0.5) is 5.69 Å². The Morgan fingerprint density at radius 2 is 2.26 bits per heavy atom. The van der Waals surface area contributed by atoms with Crippen LogP contribution in [0.15, 0.2) is 18.2 Å². The first kappa shape index (κ1) is 15.0. The zero-order valence-electron chi connectivity index (χ0n) is 11.4. The molecule has 0 unspecified atom stereocenters. The molecule has 2 atom stereocenters. The second-order valence-electron chi connectivity index (χ2n) is 4.43. The van der Waals surface area contributed by atoms with Crippen molar-refractivity contribution >= 4 is 11.6 Å². The van der Waals surface area contributed by atoms with Crippen LogP contribution >= 0.6 is 0 Å². The van der Waals surface area contributed by atoms with Crippen LogP contribution in [0.3, 0.4) is 0 Å². The standard InChI is InChI=1S/C14H19N3O2/c1-4-9(2)13(16)14(18)17-11-6-5-10(8-15)7-12(11)19-3/h5-7,9,13H,4,16H2,1-3H3,(H,17,18)/t9-,13-/m0/s1. The summed E-state index contributed by atoms with van der Waals surface area (Å²) in [7, 11) is 1.49. The molecule has 1 aromatic carbocycles. The molecule has 0 saturated heterocycles. The van der Waals surface area contributed by atoms with Crippen molar-refractivity contribution in [3.63, 3.8) is 0 Å². The van der Waals surface area contributed by atoms with Gasteiger partial charge in [-0.2, -0.15) is 5.26 Å². The average Bonchev–Trinajstić information content (AvgIpc) is 2.45. The summed E-state index contributed by atoms with van der Waals surface area (Å²) in [6, 6.07) is 6.28. The SMILES string of the molecule is CC[C@H](C)[C@H](N)C(=O)Nc1ccc(C#N)cc1OC. The van der Waals surface area contributed by atoms with Gasteiger partial charge in [0.15, 0.2) is 0 Å². The number of amides is 1. The second kappa shape index (κ2) is 6.76. The van der Waals surface area contributed by atoms with E-state index in [4.69, 9.17) is 15.7 Å². The third-order valence-corrected chi connectivity index (χ3v) is 3.15. The van der Waals surface area contributed by atoms with Crippen molar-refractivity contribution in [2.45, 2.75) is 26.3 Å². The molecule has 3 N–H and O–H groups in total. The van der Waals surface area contributed by atoms with E-state index in [1.807, 2.05) is 19.9 Å². The van der Waals surface area contributed by atoms with Gasteiger partial charge in [0, 0.05) is 6.07 Å². The Kier molecular flexibility index (Phi) is 5.34. The third-order valence-electron chi connectivity index (χ3n) is 3.15. The molecule has 5 nitrogen and oxygen atoms in total. The normalized spacial score (nSPS) is 13.2. The minimum Gasteiger partial charge on any atom is -0.495 e. The molecular formula is C14H19N3O2. The minimum atomic E-state index is -0.564. The van der Waals surface area contributed by atoms with Crippen molar-refractivity contribution < 1.29 is 9.53 Å². The number of nitriles is 1. The number of nitrogens with one attached hydrogen (secondary N) is 1. The topological polar surface area (TPSA) is 88.1 Å². The molecule has 19 heavy (non-hydrogen) atoms. The van der Waals surface area contributed by atoms with Gasteiger partial charge in [-0.1, -0.05) is 20.3 Å². The fourth-order valence-corrected chi connectivity index (χ4v) is 1.59. The first-order valence-electron chi connectivity index (χ1n) is 6.18. The third kappa shape index (κ3) is 3.70. The Hall–Kier alpha value is -2.06. The van der Waals surface area contributed by atoms with Crippen LogP contribution in [-0.2, 0) is 4.79 Å². The lowest BCUT2D eigenvalue weighted by Gasteiger charge is -2.18. The van der Waals surface area contributed by atoms with E-state index in [2.05, 4.69) is 5.32 Å². The van der Waals surface area contributed by atoms with Gasteiger partial charge in [-0.15, -0.1) is 0 Å². The zero-order chi connectivity index (χ0) is 14.4. The monoisotopic (exact) mass is 261 g/mol. The van der Waals surface area contributed by atoms with Crippen LogP contribution in [0.1, 0.15) is 25.8 Å². The largest absolute Gasteiger partial charge is 0.495 e. The van der Waals surface area contributed by atoms with E-state index in [1.54, 1.807) is 18.2 Å². The van der Waals surface area contributed by atoms with Crippen molar-refractivity contribution in [3.8, 4) is 11.8 Å². The van der Waals surface area contributed by atoms with E-state index in [9.17, 15) is 4.79 Å². The summed E-state index contributed by atoms with van der Waals surface area (Å²) in [5.41, 5.74) is 6.85. The Morgan fingerprint density at radius 1 is 1.58 bits per heavy atom. The molecule has 0 aromatic heterocycles. The maximum absolute atomic E-state index is 12.0. The van der Waals surface area contributed by atoms with Crippen molar-refractivity contribution in [3.05, 3.63) is 23.8 Å². The number of benzene rings is 1. The summed E-state index contributed by atoms with van der Waals surface area (Å²) in [5.74, 6) is 0.297. The summed E-state index contributed by atoms with van der Waals surface area (Å²) in [5, 5.41) is 11.5. The van der Waals surface area contributed by atoms with E-state index >= 15 is 0 Å². The number of carbonyl (C=O) groups excluding carboxylic acids is 1. The van der Waals surface area contributed by atoms with Crippen molar-refractivity contribution in [2.75, 3.05) is 12.4 Å². The number of hydrogen-bond donors (Lipinski definition) is 2. The molecule has 0 spiro atoms. The van der Waals surface area contributed by atoms with E-state index in [0.29, 0.717) is 17.0 Å². The molecule has 1 aromatic rings. The summed E-state index contributed by atoms with van der Waals surface area (Å²) in [4.78, 5) is 12.0. The number of ether oxygens (including phenoxy) is 1. The zero-order valence-corrected chi connectivity index (χ0v) is 11.4. The summed E-state index contributed by atoms with van der Waals surface area (Å²) in [6.45, 7) is 3.92. The number of anilines is 1. The first-order chi connectivity index (χ1) is 9.03. The van der Waals surface area contributed by atoms with Crippen LogP contribution in [-0.4, -0.2) is 19.1 Å². The van der Waals surface area contributed by atoms with Gasteiger partial charge in [-0.25, -0.2) is 0 Å². The lowest BCUT2D eigenvalue weighted by Crippen LogP contribution is -2.40. The predicted octanol–water partition coefficient (Wildman–Crippen LogP) is 1.88. The Morgan fingerprint density at radius 3 is 2.79 bits per heavy atom. The maximum Gasteiger partial charge on any atom is 0.241 e. The molecule has 0 aliphatic heterocycles. The van der Waals surface area contributed by atoms with E-state index in [0.717, 1.165) is 6.42 Å². The lowest BCUT2D eigenvalue weighted by atomic mass is 9.99. The smallest absolute Gasteiger partial charge is 0.241 e. The molecule has 0 saturated carbocycles. The molecule has 0 aliphatic carbocycles. The first-order valence-corrected chi connectivity index (χ1v) is 6.18. The number of carbonyl (C=O) groups is 1. The predicted molar refractivity (Wildman–Crippen MR) is 73.8 cm³/mol. The second-order valence-corrected chi connectivity index (χ2v) is 4.43. The average molecular weight is 261 g/mol. The van der Waals surface area contributed by atoms with Crippen molar-refractivity contribution in [1.29, 1.82) is 5.26 Å². The molecule has 1 amide bonds. The Labute approximate surface area is 113 Å². The van der Waals surface area contributed by atoms with E-state index in [-0.39, 0.29) is 11.8 Å². The molecule has 0 radical (unpaired) electrons.